The fourth-order valence-electron chi connectivity index (χ4n) is 2.11. The average molecular weight is 347 g/mol. The van der Waals surface area contributed by atoms with Crippen molar-refractivity contribution < 1.29 is 13.2 Å². The van der Waals surface area contributed by atoms with Crippen molar-refractivity contribution in [2.45, 2.75) is 24.3 Å². The number of nitrogens with zero attached hydrogens (tertiary/aromatic N) is 1. The first-order valence-electron chi connectivity index (χ1n) is 5.92. The number of carbonyl (C=O) groups is 1. The summed E-state index contributed by atoms with van der Waals surface area (Å²) in [6, 6.07) is 6.46. The lowest BCUT2D eigenvalue weighted by molar-refractivity contribution is -0.119. The summed E-state index contributed by atoms with van der Waals surface area (Å²) in [6.45, 7) is 2.20. The third kappa shape index (κ3) is 3.34. The van der Waals surface area contributed by atoms with Crippen molar-refractivity contribution >= 4 is 31.9 Å². The third-order valence-corrected chi connectivity index (χ3v) is 5.42. The lowest BCUT2D eigenvalue weighted by atomic mass is 10.3. The van der Waals surface area contributed by atoms with E-state index in [4.69, 9.17) is 0 Å². The van der Waals surface area contributed by atoms with Crippen LogP contribution in [0.15, 0.2) is 33.6 Å². The molecule has 19 heavy (non-hydrogen) atoms. The van der Waals surface area contributed by atoms with Crippen molar-refractivity contribution in [2.24, 2.45) is 0 Å². The molecule has 1 fully saturated rings. The van der Waals surface area contributed by atoms with Crippen molar-refractivity contribution in [3.05, 3.63) is 28.7 Å². The molecule has 0 radical (unpaired) electrons. The van der Waals surface area contributed by atoms with Gasteiger partial charge in [-0.15, -0.1) is 0 Å². The van der Waals surface area contributed by atoms with Gasteiger partial charge in [-0.25, -0.2) is 8.42 Å². The maximum absolute atomic E-state index is 12.4. The van der Waals surface area contributed by atoms with E-state index in [1.54, 1.807) is 24.3 Å². The zero-order valence-corrected chi connectivity index (χ0v) is 12.9. The van der Waals surface area contributed by atoms with Gasteiger partial charge in [0, 0.05) is 30.5 Å². The number of hydrogen-bond acceptors (Lipinski definition) is 3. The van der Waals surface area contributed by atoms with Gasteiger partial charge < -0.3 is 5.32 Å². The Balaban J connectivity index is 2.13. The predicted octanol–water partition coefficient (Wildman–Crippen LogP) is 1.35. The highest BCUT2D eigenvalue weighted by Gasteiger charge is 2.32. The van der Waals surface area contributed by atoms with Gasteiger partial charge in [0.1, 0.15) is 0 Å². The number of amides is 1. The van der Waals surface area contributed by atoms with Crippen molar-refractivity contribution in [2.75, 3.05) is 13.1 Å². The third-order valence-electron chi connectivity index (χ3n) is 3.01. The van der Waals surface area contributed by atoms with Crippen molar-refractivity contribution in [1.82, 2.24) is 9.62 Å². The molecule has 0 spiro atoms. The fraction of sp³-hybridized carbons (Fsp3) is 0.417. The molecule has 1 aromatic carbocycles. The van der Waals surface area contributed by atoms with Crippen LogP contribution in [0.5, 0.6) is 0 Å². The number of hydrogen-bond donors (Lipinski definition) is 1. The van der Waals surface area contributed by atoms with Crippen LogP contribution in [0.1, 0.15) is 13.3 Å². The van der Waals surface area contributed by atoms with Crippen LogP contribution >= 0.6 is 15.9 Å². The molecule has 1 N–H and O–H groups in total. The van der Waals surface area contributed by atoms with Gasteiger partial charge in [0.15, 0.2) is 0 Å². The summed E-state index contributed by atoms with van der Waals surface area (Å²) in [5.74, 6) is -0.132. The molecule has 0 bridgehead atoms. The number of rotatable bonds is 3. The van der Waals surface area contributed by atoms with E-state index in [-0.39, 0.29) is 16.8 Å². The molecule has 0 aromatic heterocycles. The van der Waals surface area contributed by atoms with Gasteiger partial charge >= 0.3 is 0 Å². The van der Waals surface area contributed by atoms with Crippen LogP contribution in [0.2, 0.25) is 0 Å². The highest BCUT2D eigenvalue weighted by atomic mass is 79.9. The minimum Gasteiger partial charge on any atom is -0.352 e. The number of halogens is 1. The predicted molar refractivity (Wildman–Crippen MR) is 75.1 cm³/mol. The zero-order valence-electron chi connectivity index (χ0n) is 10.5. The Morgan fingerprint density at radius 3 is 2.58 bits per heavy atom. The molecule has 104 valence electrons. The molecule has 1 atom stereocenters. The van der Waals surface area contributed by atoms with E-state index in [9.17, 15) is 13.2 Å². The molecule has 1 aromatic rings. The smallest absolute Gasteiger partial charge is 0.243 e. The van der Waals surface area contributed by atoms with Gasteiger partial charge in [-0.3, -0.25) is 4.79 Å². The van der Waals surface area contributed by atoms with E-state index in [0.717, 1.165) is 4.47 Å². The van der Waals surface area contributed by atoms with E-state index in [1.165, 1.54) is 11.2 Å². The van der Waals surface area contributed by atoms with Crippen LogP contribution in [-0.2, 0) is 14.8 Å². The SMILES string of the molecule is CC(=O)NC1CCN(S(=O)(=O)c2ccc(Br)cc2)C1. The molecular formula is C12H15BrN2O3S. The largest absolute Gasteiger partial charge is 0.352 e. The number of carbonyl (C=O) groups excluding carboxylic acids is 1. The second kappa shape index (κ2) is 5.60. The average Bonchev–Trinajstić information content (AvgIpc) is 2.78. The molecule has 1 aliphatic heterocycles. The Morgan fingerprint density at radius 2 is 2.00 bits per heavy atom. The topological polar surface area (TPSA) is 66.5 Å². The Morgan fingerprint density at radius 1 is 1.37 bits per heavy atom. The number of nitrogens with one attached hydrogen (secondary N) is 1. The first-order chi connectivity index (χ1) is 8.89. The lowest BCUT2D eigenvalue weighted by Gasteiger charge is -2.16. The Hall–Kier alpha value is -0.920. The summed E-state index contributed by atoms with van der Waals surface area (Å²) in [5.41, 5.74) is 0. The summed E-state index contributed by atoms with van der Waals surface area (Å²) in [4.78, 5) is 11.3. The summed E-state index contributed by atoms with van der Waals surface area (Å²) in [7, 11) is -3.46. The first kappa shape index (κ1) is 14.5. The zero-order chi connectivity index (χ0) is 14.0. The molecule has 1 heterocycles. The monoisotopic (exact) mass is 346 g/mol. The maximum Gasteiger partial charge on any atom is 0.243 e. The lowest BCUT2D eigenvalue weighted by Crippen LogP contribution is -2.37. The van der Waals surface area contributed by atoms with Crippen LogP contribution in [-0.4, -0.2) is 37.8 Å². The van der Waals surface area contributed by atoms with E-state index >= 15 is 0 Å². The molecule has 7 heteroatoms. The first-order valence-corrected chi connectivity index (χ1v) is 8.16. The van der Waals surface area contributed by atoms with E-state index in [2.05, 4.69) is 21.2 Å². The standard InChI is InChI=1S/C12H15BrN2O3S/c1-9(16)14-11-6-7-15(8-11)19(17,18)12-4-2-10(13)3-5-12/h2-5,11H,6-8H2,1H3,(H,14,16). The van der Waals surface area contributed by atoms with Crippen LogP contribution in [0.25, 0.3) is 0 Å². The Bertz CT molecular complexity index is 571. The van der Waals surface area contributed by atoms with E-state index in [1.807, 2.05) is 0 Å². The van der Waals surface area contributed by atoms with Gasteiger partial charge in [0.05, 0.1) is 4.90 Å². The molecule has 1 saturated heterocycles. The van der Waals surface area contributed by atoms with Gasteiger partial charge in [-0.05, 0) is 30.7 Å². The molecule has 1 amide bonds. The summed E-state index contributed by atoms with van der Waals surface area (Å²) in [5, 5.41) is 2.75. The van der Waals surface area contributed by atoms with Gasteiger partial charge in [-0.2, -0.15) is 4.31 Å². The highest BCUT2D eigenvalue weighted by molar-refractivity contribution is 9.10. The fourth-order valence-corrected chi connectivity index (χ4v) is 3.87. The van der Waals surface area contributed by atoms with Crippen LogP contribution in [0.4, 0.5) is 0 Å². The molecule has 1 aliphatic rings. The second-order valence-corrected chi connectivity index (χ2v) is 7.36. The summed E-state index contributed by atoms with van der Waals surface area (Å²) in [6.07, 6.45) is 0.648. The van der Waals surface area contributed by atoms with E-state index < -0.39 is 10.0 Å². The van der Waals surface area contributed by atoms with Crippen molar-refractivity contribution in [3.63, 3.8) is 0 Å². The maximum atomic E-state index is 12.4. The van der Waals surface area contributed by atoms with Crippen molar-refractivity contribution in [3.8, 4) is 0 Å². The minimum absolute atomic E-state index is 0.0947. The number of sulfonamides is 1. The molecular weight excluding hydrogens is 332 g/mol. The Kier molecular flexibility index (Phi) is 4.27. The van der Waals surface area contributed by atoms with Crippen LogP contribution in [0.3, 0.4) is 0 Å². The van der Waals surface area contributed by atoms with Gasteiger partial charge in [0.2, 0.25) is 15.9 Å². The summed E-state index contributed by atoms with van der Waals surface area (Å²) >= 11 is 3.28. The molecule has 0 aliphatic carbocycles. The Labute approximate surface area is 121 Å². The van der Waals surface area contributed by atoms with Crippen LogP contribution in [0, 0.1) is 0 Å². The number of benzene rings is 1. The van der Waals surface area contributed by atoms with Gasteiger partial charge in [-0.1, -0.05) is 15.9 Å². The highest BCUT2D eigenvalue weighted by Crippen LogP contribution is 2.22. The normalized spacial score (nSPS) is 20.4. The van der Waals surface area contributed by atoms with Gasteiger partial charge in [0.25, 0.3) is 0 Å². The minimum atomic E-state index is -3.46. The quantitative estimate of drug-likeness (QED) is 0.898. The molecule has 5 nitrogen and oxygen atoms in total. The summed E-state index contributed by atoms with van der Waals surface area (Å²) < 4.78 is 27.0. The van der Waals surface area contributed by atoms with Crippen molar-refractivity contribution in [1.29, 1.82) is 0 Å². The molecule has 1 unspecified atom stereocenters. The van der Waals surface area contributed by atoms with E-state index in [0.29, 0.717) is 19.5 Å². The molecule has 2 rings (SSSR count). The second-order valence-electron chi connectivity index (χ2n) is 4.50. The van der Waals surface area contributed by atoms with Crippen LogP contribution < -0.4 is 5.32 Å². The molecule has 0 saturated carbocycles.